The number of imidazole rings is 1. The van der Waals surface area contributed by atoms with Crippen LogP contribution in [0.5, 0.6) is 0 Å². The summed E-state index contributed by atoms with van der Waals surface area (Å²) >= 11 is 18.3. The normalized spacial score (nSPS) is 12.7. The molecule has 0 aliphatic carbocycles. The van der Waals surface area contributed by atoms with Crippen molar-refractivity contribution in [3.05, 3.63) is 52.5 Å². The lowest BCUT2D eigenvalue weighted by Crippen LogP contribution is -2.02. The van der Waals surface area contributed by atoms with E-state index in [0.29, 0.717) is 16.6 Å². The van der Waals surface area contributed by atoms with Crippen LogP contribution in [-0.2, 0) is 6.54 Å². The average molecular weight is 276 g/mol. The lowest BCUT2D eigenvalue weighted by molar-refractivity contribution is 0.677. The summed E-state index contributed by atoms with van der Waals surface area (Å²) in [6, 6.07) is 5.29. The van der Waals surface area contributed by atoms with E-state index in [9.17, 15) is 0 Å². The van der Waals surface area contributed by atoms with Crippen LogP contribution in [0.4, 0.5) is 0 Å². The van der Waals surface area contributed by atoms with Crippen LogP contribution in [0.3, 0.4) is 0 Å². The zero-order valence-electron chi connectivity index (χ0n) is 8.28. The zero-order chi connectivity index (χ0) is 11.5. The SMILES string of the molecule is Clc1ccc(Cl)c(C(Cl)Cn2ccnc2)c1. The summed E-state index contributed by atoms with van der Waals surface area (Å²) in [6.45, 7) is 0.613. The summed E-state index contributed by atoms with van der Waals surface area (Å²) in [5.74, 6) is 0. The third-order valence-electron chi connectivity index (χ3n) is 2.23. The van der Waals surface area contributed by atoms with Gasteiger partial charge in [-0.25, -0.2) is 4.98 Å². The van der Waals surface area contributed by atoms with Gasteiger partial charge in [0.1, 0.15) is 0 Å². The fourth-order valence-electron chi connectivity index (χ4n) is 1.43. The Hall–Kier alpha value is -0.700. The van der Waals surface area contributed by atoms with E-state index in [4.69, 9.17) is 34.8 Å². The highest BCUT2D eigenvalue weighted by molar-refractivity contribution is 6.34. The van der Waals surface area contributed by atoms with Gasteiger partial charge in [-0.15, -0.1) is 11.6 Å². The minimum Gasteiger partial charge on any atom is -0.336 e. The van der Waals surface area contributed by atoms with E-state index >= 15 is 0 Å². The monoisotopic (exact) mass is 274 g/mol. The van der Waals surface area contributed by atoms with Crippen LogP contribution in [-0.4, -0.2) is 9.55 Å². The first-order chi connectivity index (χ1) is 7.66. The lowest BCUT2D eigenvalue weighted by atomic mass is 10.1. The molecule has 0 radical (unpaired) electrons. The molecule has 1 atom stereocenters. The molecule has 0 N–H and O–H groups in total. The molecule has 0 saturated heterocycles. The van der Waals surface area contributed by atoms with Gasteiger partial charge in [-0.2, -0.15) is 0 Å². The largest absolute Gasteiger partial charge is 0.336 e. The minimum atomic E-state index is -0.222. The number of halogens is 3. The fourth-order valence-corrected chi connectivity index (χ4v) is 2.26. The van der Waals surface area contributed by atoms with Crippen LogP contribution in [0.15, 0.2) is 36.9 Å². The van der Waals surface area contributed by atoms with Crippen LogP contribution in [0, 0.1) is 0 Å². The van der Waals surface area contributed by atoms with E-state index in [2.05, 4.69) is 4.98 Å². The molecule has 2 nitrogen and oxygen atoms in total. The Bertz CT molecular complexity index is 468. The fraction of sp³-hybridized carbons (Fsp3) is 0.182. The molecule has 0 aliphatic rings. The maximum atomic E-state index is 6.28. The number of aromatic nitrogens is 2. The van der Waals surface area contributed by atoms with Crippen molar-refractivity contribution in [3.63, 3.8) is 0 Å². The Kier molecular flexibility index (Phi) is 3.74. The van der Waals surface area contributed by atoms with E-state index < -0.39 is 0 Å². The van der Waals surface area contributed by atoms with Crippen molar-refractivity contribution in [2.45, 2.75) is 11.9 Å². The van der Waals surface area contributed by atoms with Crippen molar-refractivity contribution < 1.29 is 0 Å². The highest BCUT2D eigenvalue weighted by atomic mass is 35.5. The second-order valence-electron chi connectivity index (χ2n) is 3.39. The summed E-state index contributed by atoms with van der Waals surface area (Å²) < 4.78 is 1.90. The van der Waals surface area contributed by atoms with Gasteiger partial charge < -0.3 is 4.57 Å². The van der Waals surface area contributed by atoms with Crippen molar-refractivity contribution in [3.8, 4) is 0 Å². The molecule has 0 saturated carbocycles. The predicted octanol–water partition coefficient (Wildman–Crippen LogP) is 4.17. The lowest BCUT2D eigenvalue weighted by Gasteiger charge is -2.12. The van der Waals surface area contributed by atoms with Gasteiger partial charge in [0.2, 0.25) is 0 Å². The molecule has 2 aromatic rings. The molecule has 5 heteroatoms. The van der Waals surface area contributed by atoms with E-state index in [-0.39, 0.29) is 5.38 Å². The van der Waals surface area contributed by atoms with E-state index in [1.54, 1.807) is 30.7 Å². The Labute approximate surface area is 109 Å². The topological polar surface area (TPSA) is 17.8 Å². The van der Waals surface area contributed by atoms with Crippen LogP contribution < -0.4 is 0 Å². The molecule has 84 valence electrons. The van der Waals surface area contributed by atoms with Crippen molar-refractivity contribution >= 4 is 34.8 Å². The van der Waals surface area contributed by atoms with Crippen molar-refractivity contribution in [2.75, 3.05) is 0 Å². The Balaban J connectivity index is 2.20. The Morgan fingerprint density at radius 2 is 2.12 bits per heavy atom. The van der Waals surface area contributed by atoms with E-state index in [0.717, 1.165) is 5.56 Å². The molecule has 1 aromatic carbocycles. The Morgan fingerprint density at radius 3 is 2.81 bits per heavy atom. The summed E-state index contributed by atoms with van der Waals surface area (Å²) in [5.41, 5.74) is 0.838. The summed E-state index contributed by atoms with van der Waals surface area (Å²) in [5, 5.41) is 1.04. The number of benzene rings is 1. The number of nitrogens with zero attached hydrogens (tertiary/aromatic N) is 2. The second-order valence-corrected chi connectivity index (χ2v) is 4.76. The summed E-state index contributed by atoms with van der Waals surface area (Å²) in [6.07, 6.45) is 5.28. The van der Waals surface area contributed by atoms with Crippen LogP contribution in [0.2, 0.25) is 10.0 Å². The van der Waals surface area contributed by atoms with E-state index in [1.807, 2.05) is 10.8 Å². The summed E-state index contributed by atoms with van der Waals surface area (Å²) in [7, 11) is 0. The van der Waals surface area contributed by atoms with Gasteiger partial charge >= 0.3 is 0 Å². The van der Waals surface area contributed by atoms with Crippen LogP contribution in [0.25, 0.3) is 0 Å². The predicted molar refractivity (Wildman–Crippen MR) is 67.3 cm³/mol. The van der Waals surface area contributed by atoms with Crippen molar-refractivity contribution in [1.29, 1.82) is 0 Å². The number of hydrogen-bond acceptors (Lipinski definition) is 1. The maximum Gasteiger partial charge on any atom is 0.0946 e. The van der Waals surface area contributed by atoms with E-state index in [1.165, 1.54) is 0 Å². The molecule has 2 rings (SSSR count). The molecule has 0 aliphatic heterocycles. The quantitative estimate of drug-likeness (QED) is 0.769. The van der Waals surface area contributed by atoms with Crippen LogP contribution in [0.1, 0.15) is 10.9 Å². The van der Waals surface area contributed by atoms with Gasteiger partial charge in [-0.05, 0) is 23.8 Å². The highest BCUT2D eigenvalue weighted by Crippen LogP contribution is 2.31. The molecular formula is C11H9Cl3N2. The molecule has 1 heterocycles. The molecule has 16 heavy (non-hydrogen) atoms. The van der Waals surface area contributed by atoms with Gasteiger partial charge in [-0.3, -0.25) is 0 Å². The molecule has 0 bridgehead atoms. The van der Waals surface area contributed by atoms with Gasteiger partial charge in [-0.1, -0.05) is 23.2 Å². The molecule has 1 aromatic heterocycles. The molecule has 0 spiro atoms. The zero-order valence-corrected chi connectivity index (χ0v) is 10.5. The molecule has 1 unspecified atom stereocenters. The Morgan fingerprint density at radius 1 is 1.31 bits per heavy atom. The van der Waals surface area contributed by atoms with Crippen LogP contribution >= 0.6 is 34.8 Å². The number of hydrogen-bond donors (Lipinski definition) is 0. The second kappa shape index (κ2) is 5.09. The van der Waals surface area contributed by atoms with Crippen molar-refractivity contribution in [2.24, 2.45) is 0 Å². The first-order valence-electron chi connectivity index (χ1n) is 4.71. The number of rotatable bonds is 3. The first kappa shape index (κ1) is 11.8. The molecule has 0 amide bonds. The summed E-state index contributed by atoms with van der Waals surface area (Å²) in [4.78, 5) is 3.95. The van der Waals surface area contributed by atoms with Gasteiger partial charge in [0.15, 0.2) is 0 Å². The van der Waals surface area contributed by atoms with Gasteiger partial charge in [0.05, 0.1) is 11.7 Å². The maximum absolute atomic E-state index is 6.28. The average Bonchev–Trinajstić information content (AvgIpc) is 2.74. The smallest absolute Gasteiger partial charge is 0.0946 e. The number of alkyl halides is 1. The van der Waals surface area contributed by atoms with Crippen molar-refractivity contribution in [1.82, 2.24) is 9.55 Å². The van der Waals surface area contributed by atoms with Gasteiger partial charge in [0, 0.05) is 29.0 Å². The molecular weight excluding hydrogens is 266 g/mol. The minimum absolute atomic E-state index is 0.222. The third kappa shape index (κ3) is 2.70. The highest BCUT2D eigenvalue weighted by Gasteiger charge is 2.12. The standard InChI is InChI=1S/C11H9Cl3N2/c12-8-1-2-10(13)9(5-8)11(14)6-16-4-3-15-7-16/h1-5,7,11H,6H2. The first-order valence-corrected chi connectivity index (χ1v) is 5.91. The third-order valence-corrected chi connectivity index (χ3v) is 3.18. The molecule has 0 fully saturated rings. The van der Waals surface area contributed by atoms with Gasteiger partial charge in [0.25, 0.3) is 0 Å².